The van der Waals surface area contributed by atoms with Crippen molar-refractivity contribution in [1.29, 1.82) is 0 Å². The first-order valence-electron chi connectivity index (χ1n) is 7.57. The van der Waals surface area contributed by atoms with E-state index in [2.05, 4.69) is 47.6 Å². The van der Waals surface area contributed by atoms with E-state index >= 15 is 0 Å². The molecular weight excluding hydrogens is 340 g/mol. The van der Waals surface area contributed by atoms with Gasteiger partial charge in [-0.2, -0.15) is 0 Å². The van der Waals surface area contributed by atoms with Gasteiger partial charge in [0, 0.05) is 18.5 Å². The van der Waals surface area contributed by atoms with Crippen LogP contribution in [0.5, 0.6) is 0 Å². The molecule has 0 spiro atoms. The number of aromatic nitrogens is 3. The molecule has 126 valence electrons. The molecule has 3 rings (SSSR count). The van der Waals surface area contributed by atoms with Gasteiger partial charge in [-0.3, -0.25) is 4.90 Å². The molecule has 0 radical (unpaired) electrons. The van der Waals surface area contributed by atoms with Crippen LogP contribution in [0.25, 0.3) is 11.6 Å². The van der Waals surface area contributed by atoms with Crippen molar-refractivity contribution in [1.82, 2.24) is 19.2 Å². The van der Waals surface area contributed by atoms with Gasteiger partial charge in [-0.1, -0.05) is 12.1 Å². The third kappa shape index (κ3) is 3.63. The van der Waals surface area contributed by atoms with Crippen molar-refractivity contribution in [3.05, 3.63) is 53.0 Å². The van der Waals surface area contributed by atoms with Gasteiger partial charge in [-0.05, 0) is 55.4 Å². The molecule has 1 aromatic carbocycles. The Kier molecular flexibility index (Phi) is 5.23. The van der Waals surface area contributed by atoms with E-state index in [1.54, 1.807) is 18.0 Å². The molecule has 3 aromatic rings. The highest BCUT2D eigenvalue weighted by molar-refractivity contribution is 7.98. The molecule has 0 aliphatic carbocycles. The summed E-state index contributed by atoms with van der Waals surface area (Å²) in [6, 6.07) is 12.4. The van der Waals surface area contributed by atoms with Gasteiger partial charge in [0.2, 0.25) is 0 Å². The summed E-state index contributed by atoms with van der Waals surface area (Å²) in [7, 11) is 3.97. The molecule has 0 saturated heterocycles. The van der Waals surface area contributed by atoms with Crippen molar-refractivity contribution >= 4 is 24.0 Å². The number of benzene rings is 1. The minimum atomic E-state index is 0.623. The Balaban J connectivity index is 1.73. The smallest absolute Gasteiger partial charge is 0.199 e. The Morgan fingerprint density at radius 3 is 2.62 bits per heavy atom. The van der Waals surface area contributed by atoms with E-state index in [0.29, 0.717) is 11.4 Å². The molecule has 5 nitrogen and oxygen atoms in total. The van der Waals surface area contributed by atoms with Crippen molar-refractivity contribution in [3.8, 4) is 11.6 Å². The molecule has 0 N–H and O–H groups in total. The molecule has 0 bridgehead atoms. The Bertz CT molecular complexity index is 850. The van der Waals surface area contributed by atoms with Gasteiger partial charge < -0.3 is 8.98 Å². The maximum Gasteiger partial charge on any atom is 0.199 e. The fourth-order valence-corrected chi connectivity index (χ4v) is 3.11. The fourth-order valence-electron chi connectivity index (χ4n) is 2.52. The van der Waals surface area contributed by atoms with E-state index in [-0.39, 0.29) is 0 Å². The highest BCUT2D eigenvalue weighted by Crippen LogP contribution is 2.18. The second-order valence-electron chi connectivity index (χ2n) is 5.65. The first kappa shape index (κ1) is 17.0. The lowest BCUT2D eigenvalue weighted by atomic mass is 10.2. The van der Waals surface area contributed by atoms with Crippen LogP contribution in [0, 0.1) is 4.77 Å². The third-order valence-electron chi connectivity index (χ3n) is 3.77. The van der Waals surface area contributed by atoms with Crippen LogP contribution in [-0.4, -0.2) is 32.6 Å². The number of thioether (sulfide) groups is 1. The summed E-state index contributed by atoms with van der Waals surface area (Å²) in [6.07, 6.45) is 3.72. The standard InChI is InChI=1S/C17H20N4OS2/c1-19(11-13-6-8-14(24-3)9-7-13)12-21-17(23)20(2)16(18-21)15-5-4-10-22-15/h4-10H,11-12H2,1-3H3. The van der Waals surface area contributed by atoms with Gasteiger partial charge in [0.25, 0.3) is 0 Å². The quantitative estimate of drug-likeness (QED) is 0.490. The monoisotopic (exact) mass is 360 g/mol. The van der Waals surface area contributed by atoms with E-state index in [4.69, 9.17) is 16.6 Å². The van der Waals surface area contributed by atoms with E-state index < -0.39 is 0 Å². The Morgan fingerprint density at radius 1 is 1.25 bits per heavy atom. The minimum Gasteiger partial charge on any atom is -0.461 e. The van der Waals surface area contributed by atoms with E-state index in [0.717, 1.165) is 18.1 Å². The van der Waals surface area contributed by atoms with Crippen molar-refractivity contribution in [2.75, 3.05) is 13.3 Å². The van der Waals surface area contributed by atoms with Gasteiger partial charge in [0.15, 0.2) is 16.4 Å². The zero-order valence-corrected chi connectivity index (χ0v) is 15.6. The van der Waals surface area contributed by atoms with Crippen LogP contribution in [0.4, 0.5) is 0 Å². The number of hydrogen-bond acceptors (Lipinski definition) is 5. The van der Waals surface area contributed by atoms with Gasteiger partial charge in [0.1, 0.15) is 0 Å². The molecular formula is C17H20N4OS2. The first-order chi connectivity index (χ1) is 11.6. The van der Waals surface area contributed by atoms with Crippen molar-refractivity contribution in [2.24, 2.45) is 7.05 Å². The lowest BCUT2D eigenvalue weighted by Crippen LogP contribution is -2.22. The van der Waals surface area contributed by atoms with Crippen LogP contribution >= 0.6 is 24.0 Å². The molecule has 0 aliphatic heterocycles. The number of hydrogen-bond donors (Lipinski definition) is 0. The highest BCUT2D eigenvalue weighted by Gasteiger charge is 2.13. The first-order valence-corrected chi connectivity index (χ1v) is 9.21. The average molecular weight is 361 g/mol. The molecule has 0 amide bonds. The summed E-state index contributed by atoms with van der Waals surface area (Å²) in [5.41, 5.74) is 1.27. The molecule has 2 heterocycles. The van der Waals surface area contributed by atoms with E-state index in [9.17, 15) is 0 Å². The summed E-state index contributed by atoms with van der Waals surface area (Å²) < 4.78 is 9.80. The summed E-state index contributed by atoms with van der Waals surface area (Å²) >= 11 is 7.25. The van der Waals surface area contributed by atoms with Crippen molar-refractivity contribution in [2.45, 2.75) is 18.1 Å². The zero-order chi connectivity index (χ0) is 17.1. The SMILES string of the molecule is CSc1ccc(CN(C)Cn2nc(-c3ccco3)n(C)c2=S)cc1. The molecule has 0 aliphatic rings. The predicted molar refractivity (Wildman–Crippen MR) is 99.4 cm³/mol. The van der Waals surface area contributed by atoms with Crippen LogP contribution < -0.4 is 0 Å². The van der Waals surface area contributed by atoms with Crippen LogP contribution in [0.15, 0.2) is 52.0 Å². The van der Waals surface area contributed by atoms with Gasteiger partial charge in [-0.15, -0.1) is 16.9 Å². The lowest BCUT2D eigenvalue weighted by molar-refractivity contribution is 0.244. The fraction of sp³-hybridized carbons (Fsp3) is 0.294. The highest BCUT2D eigenvalue weighted by atomic mass is 32.2. The Hall–Kier alpha value is -1.83. The Morgan fingerprint density at radius 2 is 2.00 bits per heavy atom. The number of nitrogens with zero attached hydrogens (tertiary/aromatic N) is 4. The zero-order valence-electron chi connectivity index (χ0n) is 14.0. The van der Waals surface area contributed by atoms with Crippen molar-refractivity contribution < 1.29 is 4.42 Å². The maximum atomic E-state index is 5.50. The normalized spacial score (nSPS) is 11.3. The molecule has 7 heteroatoms. The summed E-state index contributed by atoms with van der Waals surface area (Å²) in [4.78, 5) is 3.46. The van der Waals surface area contributed by atoms with Crippen LogP contribution in [0.2, 0.25) is 0 Å². The van der Waals surface area contributed by atoms with Gasteiger partial charge in [-0.25, -0.2) is 4.68 Å². The minimum absolute atomic E-state index is 0.623. The van der Waals surface area contributed by atoms with Gasteiger partial charge >= 0.3 is 0 Å². The summed E-state index contributed by atoms with van der Waals surface area (Å²) in [5.74, 6) is 1.46. The van der Waals surface area contributed by atoms with Gasteiger partial charge in [0.05, 0.1) is 12.9 Å². The molecule has 24 heavy (non-hydrogen) atoms. The third-order valence-corrected chi connectivity index (χ3v) is 5.00. The van der Waals surface area contributed by atoms with E-state index in [1.165, 1.54) is 10.5 Å². The van der Waals surface area contributed by atoms with Crippen LogP contribution in [0.1, 0.15) is 5.56 Å². The average Bonchev–Trinajstić information content (AvgIpc) is 3.20. The number of rotatable bonds is 6. The van der Waals surface area contributed by atoms with Crippen LogP contribution in [-0.2, 0) is 20.3 Å². The second-order valence-corrected chi connectivity index (χ2v) is 6.89. The van der Waals surface area contributed by atoms with Crippen molar-refractivity contribution in [3.63, 3.8) is 0 Å². The lowest BCUT2D eigenvalue weighted by Gasteiger charge is -2.16. The molecule has 0 saturated carbocycles. The molecule has 0 atom stereocenters. The number of furan rings is 1. The predicted octanol–water partition coefficient (Wildman–Crippen LogP) is 4.02. The summed E-state index contributed by atoms with van der Waals surface area (Å²) in [5, 5.41) is 4.60. The topological polar surface area (TPSA) is 39.1 Å². The summed E-state index contributed by atoms with van der Waals surface area (Å²) in [6.45, 7) is 1.46. The maximum absolute atomic E-state index is 5.50. The largest absolute Gasteiger partial charge is 0.461 e. The van der Waals surface area contributed by atoms with Crippen LogP contribution in [0.3, 0.4) is 0 Å². The molecule has 2 aromatic heterocycles. The van der Waals surface area contributed by atoms with E-state index in [1.807, 2.05) is 28.4 Å². The Labute approximate surface area is 150 Å². The molecule has 0 fully saturated rings. The second kappa shape index (κ2) is 7.38. The molecule has 0 unspecified atom stereocenters.